The van der Waals surface area contributed by atoms with Crippen LogP contribution in [0.4, 0.5) is 0 Å². The van der Waals surface area contributed by atoms with Gasteiger partial charge in [0.2, 0.25) is 0 Å². The van der Waals surface area contributed by atoms with E-state index in [1.165, 1.54) is 32.1 Å². The molecule has 0 atom stereocenters. The van der Waals surface area contributed by atoms with E-state index in [-0.39, 0.29) is 0 Å². The molecular formula is C20H26N2O. The van der Waals surface area contributed by atoms with Crippen LogP contribution in [0.15, 0.2) is 36.7 Å². The highest BCUT2D eigenvalue weighted by Crippen LogP contribution is 2.31. The van der Waals surface area contributed by atoms with Crippen LogP contribution in [0.1, 0.15) is 63.6 Å². The molecular weight excluding hydrogens is 284 g/mol. The molecule has 3 heteroatoms. The summed E-state index contributed by atoms with van der Waals surface area (Å²) in [5.41, 5.74) is 2.22. The summed E-state index contributed by atoms with van der Waals surface area (Å²) in [5.74, 6) is 2.52. The second kappa shape index (κ2) is 8.09. The molecule has 3 rings (SSSR count). The summed E-state index contributed by atoms with van der Waals surface area (Å²) < 4.78 is 5.70. The minimum atomic E-state index is 0.562. The van der Waals surface area contributed by atoms with Crippen molar-refractivity contribution < 1.29 is 4.74 Å². The summed E-state index contributed by atoms with van der Waals surface area (Å²) in [7, 11) is 0. The van der Waals surface area contributed by atoms with Gasteiger partial charge in [0.05, 0.1) is 6.61 Å². The highest BCUT2D eigenvalue weighted by molar-refractivity contribution is 5.62. The van der Waals surface area contributed by atoms with E-state index in [1.807, 2.05) is 24.5 Å². The molecule has 0 unspecified atom stereocenters. The van der Waals surface area contributed by atoms with Gasteiger partial charge in [0.25, 0.3) is 0 Å². The van der Waals surface area contributed by atoms with E-state index < -0.39 is 0 Å². The van der Waals surface area contributed by atoms with Gasteiger partial charge in [-0.2, -0.15) is 0 Å². The molecule has 1 aliphatic carbocycles. The number of unbranched alkanes of at least 4 members (excludes halogenated alkanes) is 1. The number of hydrogen-bond acceptors (Lipinski definition) is 3. The highest BCUT2D eigenvalue weighted by atomic mass is 16.5. The Labute approximate surface area is 139 Å². The zero-order chi connectivity index (χ0) is 15.9. The normalized spacial score (nSPS) is 15.5. The minimum absolute atomic E-state index is 0.562. The molecule has 122 valence electrons. The molecule has 0 radical (unpaired) electrons. The zero-order valence-electron chi connectivity index (χ0n) is 14.0. The van der Waals surface area contributed by atoms with E-state index in [1.54, 1.807) is 0 Å². The van der Waals surface area contributed by atoms with Crippen LogP contribution in [0, 0.1) is 0 Å². The van der Waals surface area contributed by atoms with E-state index in [9.17, 15) is 0 Å². The third-order valence-corrected chi connectivity index (χ3v) is 4.60. The molecule has 0 spiro atoms. The first-order valence-electron chi connectivity index (χ1n) is 8.92. The van der Waals surface area contributed by atoms with E-state index >= 15 is 0 Å². The molecule has 0 saturated heterocycles. The second-order valence-electron chi connectivity index (χ2n) is 6.39. The molecule has 1 aromatic carbocycles. The molecule has 3 nitrogen and oxygen atoms in total. The lowest BCUT2D eigenvalue weighted by Gasteiger charge is -2.20. The van der Waals surface area contributed by atoms with Gasteiger partial charge in [-0.1, -0.05) is 44.7 Å². The predicted molar refractivity (Wildman–Crippen MR) is 93.7 cm³/mol. The molecule has 23 heavy (non-hydrogen) atoms. The monoisotopic (exact) mass is 310 g/mol. The van der Waals surface area contributed by atoms with Crippen LogP contribution in [0.5, 0.6) is 5.75 Å². The molecule has 2 aromatic rings. The van der Waals surface area contributed by atoms with Crippen LogP contribution in [-0.4, -0.2) is 16.6 Å². The largest absolute Gasteiger partial charge is 0.494 e. The average Bonchev–Trinajstić information content (AvgIpc) is 2.63. The Hall–Kier alpha value is -1.90. The van der Waals surface area contributed by atoms with Crippen molar-refractivity contribution in [2.75, 3.05) is 6.61 Å². The molecule has 1 saturated carbocycles. The van der Waals surface area contributed by atoms with E-state index in [0.717, 1.165) is 42.1 Å². The van der Waals surface area contributed by atoms with Crippen molar-refractivity contribution in [2.24, 2.45) is 0 Å². The Morgan fingerprint density at radius 3 is 2.30 bits per heavy atom. The van der Waals surface area contributed by atoms with Gasteiger partial charge in [0.15, 0.2) is 0 Å². The fourth-order valence-electron chi connectivity index (χ4n) is 3.14. The Kier molecular flexibility index (Phi) is 5.62. The molecule has 0 bridgehead atoms. The average molecular weight is 310 g/mol. The van der Waals surface area contributed by atoms with Crippen molar-refractivity contribution >= 4 is 0 Å². The van der Waals surface area contributed by atoms with Gasteiger partial charge in [-0.25, -0.2) is 9.97 Å². The highest BCUT2D eigenvalue weighted by Gasteiger charge is 2.17. The minimum Gasteiger partial charge on any atom is -0.494 e. The maximum atomic E-state index is 5.70. The summed E-state index contributed by atoms with van der Waals surface area (Å²) in [4.78, 5) is 9.24. The van der Waals surface area contributed by atoms with Crippen LogP contribution in [0.3, 0.4) is 0 Å². The van der Waals surface area contributed by atoms with Crippen LogP contribution in [0.25, 0.3) is 11.1 Å². The molecule has 0 N–H and O–H groups in total. The number of aromatic nitrogens is 2. The first kappa shape index (κ1) is 16.0. The molecule has 1 fully saturated rings. The quantitative estimate of drug-likeness (QED) is 0.673. The molecule has 0 amide bonds. The summed E-state index contributed by atoms with van der Waals surface area (Å²) >= 11 is 0. The second-order valence-corrected chi connectivity index (χ2v) is 6.39. The topological polar surface area (TPSA) is 35.0 Å². The smallest absolute Gasteiger partial charge is 0.131 e. The van der Waals surface area contributed by atoms with Crippen molar-refractivity contribution in [3.8, 4) is 16.9 Å². The fourth-order valence-corrected chi connectivity index (χ4v) is 3.14. The van der Waals surface area contributed by atoms with Gasteiger partial charge in [-0.3, -0.25) is 0 Å². The summed E-state index contributed by atoms with van der Waals surface area (Å²) in [6, 6.07) is 8.22. The zero-order valence-corrected chi connectivity index (χ0v) is 14.0. The lowest BCUT2D eigenvalue weighted by atomic mass is 9.88. The van der Waals surface area contributed by atoms with Gasteiger partial charge in [0, 0.05) is 23.9 Å². The number of nitrogens with zero attached hydrogens (tertiary/aromatic N) is 2. The first-order valence-corrected chi connectivity index (χ1v) is 8.92. The molecule has 0 aliphatic heterocycles. The third-order valence-electron chi connectivity index (χ3n) is 4.60. The first-order chi connectivity index (χ1) is 11.4. The SMILES string of the molecule is CCCCOc1ccc(-c2cnc(C3CCCCC3)nc2)cc1. The lowest BCUT2D eigenvalue weighted by molar-refractivity contribution is 0.309. The van der Waals surface area contributed by atoms with Gasteiger partial charge < -0.3 is 4.74 Å². The Morgan fingerprint density at radius 2 is 1.65 bits per heavy atom. The number of hydrogen-bond donors (Lipinski definition) is 0. The summed E-state index contributed by atoms with van der Waals surface area (Å²) in [6.45, 7) is 2.96. The van der Waals surface area contributed by atoms with Gasteiger partial charge >= 0.3 is 0 Å². The lowest BCUT2D eigenvalue weighted by Crippen LogP contribution is -2.08. The van der Waals surface area contributed by atoms with Crippen LogP contribution < -0.4 is 4.74 Å². The van der Waals surface area contributed by atoms with Crippen molar-refractivity contribution in [2.45, 2.75) is 57.8 Å². The van der Waals surface area contributed by atoms with Gasteiger partial charge in [-0.05, 0) is 37.0 Å². The Morgan fingerprint density at radius 1 is 0.957 bits per heavy atom. The molecule has 1 aromatic heterocycles. The van der Waals surface area contributed by atoms with Crippen LogP contribution in [-0.2, 0) is 0 Å². The van der Waals surface area contributed by atoms with Crippen LogP contribution in [0.2, 0.25) is 0 Å². The van der Waals surface area contributed by atoms with Crippen molar-refractivity contribution in [3.63, 3.8) is 0 Å². The summed E-state index contributed by atoms with van der Waals surface area (Å²) in [6.07, 6.45) is 12.6. The van der Waals surface area contributed by atoms with Crippen molar-refractivity contribution in [1.82, 2.24) is 9.97 Å². The molecule has 1 aliphatic rings. The maximum Gasteiger partial charge on any atom is 0.131 e. The Bertz CT molecular complexity index is 586. The Balaban J connectivity index is 1.64. The molecule has 1 heterocycles. The van der Waals surface area contributed by atoms with E-state index in [4.69, 9.17) is 4.74 Å². The van der Waals surface area contributed by atoms with E-state index in [0.29, 0.717) is 5.92 Å². The summed E-state index contributed by atoms with van der Waals surface area (Å²) in [5, 5.41) is 0. The number of benzene rings is 1. The predicted octanol–water partition coefficient (Wildman–Crippen LogP) is 5.37. The number of ether oxygens (including phenoxy) is 1. The third kappa shape index (κ3) is 4.31. The fraction of sp³-hybridized carbons (Fsp3) is 0.500. The van der Waals surface area contributed by atoms with Gasteiger partial charge in [-0.15, -0.1) is 0 Å². The van der Waals surface area contributed by atoms with Crippen LogP contribution >= 0.6 is 0 Å². The maximum absolute atomic E-state index is 5.70. The van der Waals surface area contributed by atoms with Crippen molar-refractivity contribution in [3.05, 3.63) is 42.5 Å². The van der Waals surface area contributed by atoms with E-state index in [2.05, 4.69) is 29.0 Å². The standard InChI is InChI=1S/C20H26N2O/c1-2-3-13-23-19-11-9-16(10-12-19)18-14-21-20(22-15-18)17-7-5-4-6-8-17/h9-12,14-15,17H,2-8,13H2,1H3. The number of rotatable bonds is 6. The van der Waals surface area contributed by atoms with Crippen molar-refractivity contribution in [1.29, 1.82) is 0 Å². The van der Waals surface area contributed by atoms with Gasteiger partial charge in [0.1, 0.15) is 11.6 Å².